The smallest absolute Gasteiger partial charge is 0.405 e. The summed E-state index contributed by atoms with van der Waals surface area (Å²) in [5, 5.41) is 19.8. The molecule has 1 aliphatic carbocycles. The number of carbonyl (C=O) groups is 2. The molecule has 3 N–H and O–H groups in total. The van der Waals surface area contributed by atoms with Gasteiger partial charge in [-0.1, -0.05) is 22.8 Å². The van der Waals surface area contributed by atoms with Crippen molar-refractivity contribution >= 4 is 45.4 Å². The molecule has 0 saturated heterocycles. The van der Waals surface area contributed by atoms with Crippen molar-refractivity contribution in [3.63, 3.8) is 0 Å². The fraction of sp³-hybridized carbons (Fsp3) is 0.455. The second kappa shape index (κ2) is 8.12. The van der Waals surface area contributed by atoms with Crippen LogP contribution in [0.5, 0.6) is 0 Å². The highest BCUT2D eigenvalue weighted by atomic mass is 35.5. The zero-order chi connectivity index (χ0) is 23.2. The second-order valence-corrected chi connectivity index (χ2v) is 9.22. The number of hydrogen-bond donors (Lipinski definition) is 3. The molecule has 2 amide bonds. The number of rotatable bonds is 4. The molecule has 0 bridgehead atoms. The zero-order valence-electron chi connectivity index (χ0n) is 18.1. The first kappa shape index (κ1) is 22.1. The van der Waals surface area contributed by atoms with Crippen LogP contribution in [-0.4, -0.2) is 38.4 Å². The van der Waals surface area contributed by atoms with Gasteiger partial charge in [-0.3, -0.25) is 9.59 Å². The minimum absolute atomic E-state index is 0.170. The molecule has 0 aliphatic heterocycles. The van der Waals surface area contributed by atoms with Gasteiger partial charge in [0.2, 0.25) is 5.91 Å². The maximum absolute atomic E-state index is 13.5. The molecule has 2 aromatic heterocycles. The first-order chi connectivity index (χ1) is 15.1. The zero-order valence-corrected chi connectivity index (χ0v) is 18.8. The lowest BCUT2D eigenvalue weighted by Gasteiger charge is -2.34. The van der Waals surface area contributed by atoms with Crippen molar-refractivity contribution in [2.75, 3.05) is 0 Å². The van der Waals surface area contributed by atoms with Crippen molar-refractivity contribution in [2.24, 2.45) is 0 Å². The van der Waals surface area contributed by atoms with Crippen LogP contribution in [0.25, 0.3) is 21.8 Å². The molecule has 9 nitrogen and oxygen atoms in total. The lowest BCUT2D eigenvalue weighted by molar-refractivity contribution is -0.127. The number of fused-ring (bicyclic) bond motifs is 3. The van der Waals surface area contributed by atoms with E-state index in [0.717, 1.165) is 19.3 Å². The molecule has 1 saturated carbocycles. The molecule has 2 heterocycles. The van der Waals surface area contributed by atoms with Crippen molar-refractivity contribution in [2.45, 2.75) is 64.1 Å². The first-order valence-corrected chi connectivity index (χ1v) is 10.9. The van der Waals surface area contributed by atoms with Gasteiger partial charge in [0.1, 0.15) is 22.2 Å². The molecule has 4 rings (SSSR count). The summed E-state index contributed by atoms with van der Waals surface area (Å²) >= 11 is 6.49. The number of nitrogens with one attached hydrogen (secondary N) is 2. The van der Waals surface area contributed by atoms with E-state index in [1.165, 1.54) is 13.8 Å². The van der Waals surface area contributed by atoms with E-state index in [1.54, 1.807) is 23.6 Å². The van der Waals surface area contributed by atoms with Gasteiger partial charge in [0, 0.05) is 17.5 Å². The fourth-order valence-corrected chi connectivity index (χ4v) is 4.81. The maximum atomic E-state index is 13.5. The largest absolute Gasteiger partial charge is 0.465 e. The minimum Gasteiger partial charge on any atom is -0.465 e. The van der Waals surface area contributed by atoms with E-state index in [9.17, 15) is 14.4 Å². The molecule has 2 atom stereocenters. The summed E-state index contributed by atoms with van der Waals surface area (Å²) in [6, 6.07) is 5.02. The van der Waals surface area contributed by atoms with Crippen molar-refractivity contribution < 1.29 is 19.2 Å². The quantitative estimate of drug-likeness (QED) is 0.544. The van der Waals surface area contributed by atoms with Crippen molar-refractivity contribution in [1.82, 2.24) is 20.4 Å². The number of carboxylic acid groups (broad SMARTS) is 1. The van der Waals surface area contributed by atoms with Gasteiger partial charge in [0.25, 0.3) is 5.56 Å². The Morgan fingerprint density at radius 2 is 2.03 bits per heavy atom. The Bertz CT molecular complexity index is 1280. The van der Waals surface area contributed by atoms with Crippen molar-refractivity contribution in [3.05, 3.63) is 39.3 Å². The molecule has 2 unspecified atom stereocenters. The van der Waals surface area contributed by atoms with Gasteiger partial charge in [0.05, 0.1) is 10.5 Å². The Kier molecular flexibility index (Phi) is 5.62. The molecular formula is C22H25ClN4O5. The number of nitrogens with zero attached hydrogens (tertiary/aromatic N) is 2. The number of hydrogen-bond acceptors (Lipinski definition) is 5. The van der Waals surface area contributed by atoms with Gasteiger partial charge in [-0.05, 0) is 58.6 Å². The lowest BCUT2D eigenvalue weighted by Crippen LogP contribution is -2.57. The summed E-state index contributed by atoms with van der Waals surface area (Å²) in [5.74, 6) is 0.0267. The van der Waals surface area contributed by atoms with Crippen LogP contribution in [0.15, 0.2) is 27.5 Å². The summed E-state index contributed by atoms with van der Waals surface area (Å²) in [4.78, 5) is 37.2. The molecule has 170 valence electrons. The number of pyridine rings is 1. The molecule has 3 aromatic rings. The minimum atomic E-state index is -1.27. The SMILES string of the molecule is Cc1onc2c1c(=O)n(C1CCCC(NC(=O)C(C)(C)NC(=O)O)C1)c1cccc(Cl)c21. The van der Waals surface area contributed by atoms with Gasteiger partial charge in [-0.15, -0.1) is 0 Å². The molecule has 0 spiro atoms. The van der Waals surface area contributed by atoms with E-state index in [2.05, 4.69) is 15.8 Å². The van der Waals surface area contributed by atoms with Crippen LogP contribution in [0.4, 0.5) is 4.79 Å². The van der Waals surface area contributed by atoms with Gasteiger partial charge < -0.3 is 24.8 Å². The summed E-state index contributed by atoms with van der Waals surface area (Å²) in [5.41, 5.74) is -0.341. The van der Waals surface area contributed by atoms with Crippen LogP contribution in [0.3, 0.4) is 0 Å². The van der Waals surface area contributed by atoms with E-state index in [1.807, 2.05) is 6.07 Å². The van der Waals surface area contributed by atoms with Gasteiger partial charge in [0.15, 0.2) is 0 Å². The fourth-order valence-electron chi connectivity index (χ4n) is 4.55. The van der Waals surface area contributed by atoms with Crippen LogP contribution in [0.1, 0.15) is 51.3 Å². The number of aryl methyl sites for hydroxylation is 1. The van der Waals surface area contributed by atoms with Gasteiger partial charge >= 0.3 is 6.09 Å². The summed E-state index contributed by atoms with van der Waals surface area (Å²) in [7, 11) is 0. The topological polar surface area (TPSA) is 126 Å². The standard InChI is InChI=1S/C22H25ClN4O5/c1-11-16-18(26-32-11)17-14(23)8-5-9-15(17)27(19(16)28)13-7-4-6-12(10-13)24-20(29)22(2,3)25-21(30)31/h5,8-9,12-13,25H,4,6-7,10H2,1-3H3,(H,24,29)(H,30,31). The predicted molar refractivity (Wildman–Crippen MR) is 120 cm³/mol. The number of carbonyl (C=O) groups excluding carboxylic acids is 1. The normalized spacial score (nSPS) is 19.2. The summed E-state index contributed by atoms with van der Waals surface area (Å²) in [6.45, 7) is 4.73. The Morgan fingerprint density at radius 3 is 2.75 bits per heavy atom. The molecule has 1 aliphatic rings. The Morgan fingerprint density at radius 1 is 1.28 bits per heavy atom. The molecule has 32 heavy (non-hydrogen) atoms. The van der Waals surface area contributed by atoms with Crippen molar-refractivity contribution in [3.8, 4) is 0 Å². The third-order valence-electron chi connectivity index (χ3n) is 6.12. The monoisotopic (exact) mass is 460 g/mol. The highest BCUT2D eigenvalue weighted by Gasteiger charge is 2.34. The van der Waals surface area contributed by atoms with Crippen LogP contribution < -0.4 is 16.2 Å². The highest BCUT2D eigenvalue weighted by Crippen LogP contribution is 2.35. The molecule has 10 heteroatoms. The number of halogens is 1. The third kappa shape index (κ3) is 3.81. The van der Waals surface area contributed by atoms with E-state index < -0.39 is 17.5 Å². The number of amides is 2. The Balaban J connectivity index is 1.71. The average Bonchev–Trinajstić information content (AvgIpc) is 3.09. The van der Waals surface area contributed by atoms with Crippen molar-refractivity contribution in [1.29, 1.82) is 0 Å². The molecular weight excluding hydrogens is 436 g/mol. The average molecular weight is 461 g/mol. The lowest BCUT2D eigenvalue weighted by atomic mass is 9.89. The molecule has 0 radical (unpaired) electrons. The van der Waals surface area contributed by atoms with E-state index in [-0.39, 0.29) is 17.6 Å². The Labute approximate surface area is 188 Å². The van der Waals surface area contributed by atoms with Crippen LogP contribution in [-0.2, 0) is 4.79 Å². The first-order valence-electron chi connectivity index (χ1n) is 10.5. The summed E-state index contributed by atoms with van der Waals surface area (Å²) in [6.07, 6.45) is 1.58. The van der Waals surface area contributed by atoms with Crippen LogP contribution in [0, 0.1) is 6.92 Å². The van der Waals surface area contributed by atoms with Gasteiger partial charge in [-0.2, -0.15) is 0 Å². The van der Waals surface area contributed by atoms with E-state index in [0.29, 0.717) is 39.0 Å². The van der Waals surface area contributed by atoms with Crippen LogP contribution >= 0.6 is 11.6 Å². The highest BCUT2D eigenvalue weighted by molar-refractivity contribution is 6.37. The number of aromatic nitrogens is 2. The van der Waals surface area contributed by atoms with Crippen LogP contribution in [0.2, 0.25) is 5.02 Å². The second-order valence-electron chi connectivity index (χ2n) is 8.82. The van der Waals surface area contributed by atoms with Gasteiger partial charge in [-0.25, -0.2) is 4.79 Å². The number of benzene rings is 1. The maximum Gasteiger partial charge on any atom is 0.405 e. The van der Waals surface area contributed by atoms with E-state index >= 15 is 0 Å². The summed E-state index contributed by atoms with van der Waals surface area (Å²) < 4.78 is 7.05. The van der Waals surface area contributed by atoms with E-state index in [4.69, 9.17) is 21.2 Å². The third-order valence-corrected chi connectivity index (χ3v) is 6.43. The molecule has 1 fully saturated rings. The molecule has 1 aromatic carbocycles. The Hall–Kier alpha value is -3.07. The predicted octanol–water partition coefficient (Wildman–Crippen LogP) is 3.75.